The Morgan fingerprint density at radius 2 is 1.93 bits per heavy atom. The molecule has 1 heterocycles. The van der Waals surface area contributed by atoms with E-state index in [9.17, 15) is 13.2 Å². The van der Waals surface area contributed by atoms with Crippen LogP contribution < -0.4 is 14.5 Å². The molecule has 1 aliphatic rings. The maximum Gasteiger partial charge on any atom is 0.235 e. The van der Waals surface area contributed by atoms with Crippen molar-refractivity contribution in [1.29, 1.82) is 0 Å². The lowest BCUT2D eigenvalue weighted by atomic mass is 10.2. The summed E-state index contributed by atoms with van der Waals surface area (Å²) in [5.74, 6) is 0.121. The van der Waals surface area contributed by atoms with Crippen molar-refractivity contribution in [3.8, 4) is 0 Å². The molecule has 0 atom stereocenters. The second kappa shape index (κ2) is 8.00. The summed E-state index contributed by atoms with van der Waals surface area (Å²) in [6.45, 7) is 3.17. The molecule has 1 aliphatic heterocycles. The van der Waals surface area contributed by atoms with Gasteiger partial charge in [0.1, 0.15) is 0 Å². The average molecular weight is 388 g/mol. The van der Waals surface area contributed by atoms with Gasteiger partial charge >= 0.3 is 0 Å². The van der Waals surface area contributed by atoms with Gasteiger partial charge in [-0.25, -0.2) is 8.42 Å². The van der Waals surface area contributed by atoms with Crippen LogP contribution in [0.25, 0.3) is 0 Å². The molecule has 1 N–H and O–H groups in total. The normalized spacial score (nSPS) is 15.6. The number of nitrogens with zero attached hydrogens (tertiary/aromatic N) is 2. The molecule has 6 nitrogen and oxygen atoms in total. The maximum absolute atomic E-state index is 12.2. The van der Waals surface area contributed by atoms with Gasteiger partial charge < -0.3 is 10.2 Å². The molecule has 1 fully saturated rings. The van der Waals surface area contributed by atoms with Crippen molar-refractivity contribution < 1.29 is 13.2 Å². The summed E-state index contributed by atoms with van der Waals surface area (Å²) >= 11 is 0. The Kier molecular flexibility index (Phi) is 5.70. The number of aryl methyl sites for hydroxylation is 1. The quantitative estimate of drug-likeness (QED) is 0.827. The van der Waals surface area contributed by atoms with Crippen molar-refractivity contribution in [2.24, 2.45) is 0 Å². The van der Waals surface area contributed by atoms with Crippen molar-refractivity contribution in [2.75, 3.05) is 40.4 Å². The van der Waals surface area contributed by atoms with E-state index in [4.69, 9.17) is 0 Å². The third-order valence-electron chi connectivity index (χ3n) is 4.66. The van der Waals surface area contributed by atoms with E-state index in [1.54, 1.807) is 24.3 Å². The lowest BCUT2D eigenvalue weighted by Gasteiger charge is -2.19. The van der Waals surface area contributed by atoms with Crippen LogP contribution in [0.1, 0.15) is 18.4 Å². The highest BCUT2D eigenvalue weighted by atomic mass is 32.2. The highest BCUT2D eigenvalue weighted by molar-refractivity contribution is 7.93. The predicted octanol–water partition coefficient (Wildman–Crippen LogP) is 3.00. The Morgan fingerprint density at radius 3 is 2.56 bits per heavy atom. The maximum atomic E-state index is 12.2. The molecule has 2 aromatic carbocycles. The Bertz CT molecular complexity index is 910. The largest absolute Gasteiger partial charge is 0.374 e. The monoisotopic (exact) mass is 387 g/mol. The van der Waals surface area contributed by atoms with Crippen LogP contribution in [0.3, 0.4) is 0 Å². The van der Waals surface area contributed by atoms with E-state index in [-0.39, 0.29) is 11.7 Å². The Hall–Kier alpha value is -2.54. The van der Waals surface area contributed by atoms with E-state index >= 15 is 0 Å². The summed E-state index contributed by atoms with van der Waals surface area (Å²) in [5.41, 5.74) is 3.58. The molecule has 1 saturated heterocycles. The van der Waals surface area contributed by atoms with Gasteiger partial charge in [-0.15, -0.1) is 0 Å². The molecule has 1 amide bonds. The van der Waals surface area contributed by atoms with Crippen LogP contribution in [-0.2, 0) is 14.8 Å². The van der Waals surface area contributed by atoms with Crippen molar-refractivity contribution in [3.05, 3.63) is 54.1 Å². The third-order valence-corrected chi connectivity index (χ3v) is 6.52. The molecular weight excluding hydrogens is 362 g/mol. The van der Waals surface area contributed by atoms with Crippen molar-refractivity contribution in [3.63, 3.8) is 0 Å². The van der Waals surface area contributed by atoms with E-state index in [2.05, 4.69) is 11.4 Å². The fourth-order valence-corrected chi connectivity index (χ4v) is 4.69. The number of amides is 1. The Labute approximate surface area is 160 Å². The number of benzene rings is 2. The van der Waals surface area contributed by atoms with Crippen LogP contribution >= 0.6 is 0 Å². The number of rotatable bonds is 6. The van der Waals surface area contributed by atoms with Crippen LogP contribution in [-0.4, -0.2) is 40.2 Å². The van der Waals surface area contributed by atoms with Crippen LogP contribution in [0.2, 0.25) is 0 Å². The van der Waals surface area contributed by atoms with Gasteiger partial charge in [0, 0.05) is 37.9 Å². The second-order valence-electron chi connectivity index (χ2n) is 6.85. The standard InChI is InChI=1S/C20H25N3O3S/c1-16-5-3-6-19(15-16)22(2)13-11-20(24)21-17-7-9-18(10-8-17)23-12-4-14-27(23,25)26/h3,5-10,15H,4,11-14H2,1-2H3,(H,21,24). The summed E-state index contributed by atoms with van der Waals surface area (Å²) in [4.78, 5) is 14.3. The molecule has 0 aliphatic carbocycles. The van der Waals surface area contributed by atoms with Gasteiger partial charge in [-0.2, -0.15) is 0 Å². The Morgan fingerprint density at radius 1 is 1.19 bits per heavy atom. The molecule has 0 unspecified atom stereocenters. The minimum Gasteiger partial charge on any atom is -0.374 e. The summed E-state index contributed by atoms with van der Waals surface area (Å²) in [6.07, 6.45) is 1.02. The first-order chi connectivity index (χ1) is 12.8. The van der Waals surface area contributed by atoms with Gasteiger partial charge in [-0.05, 0) is 55.3 Å². The summed E-state index contributed by atoms with van der Waals surface area (Å²) in [6, 6.07) is 15.1. The number of hydrogen-bond acceptors (Lipinski definition) is 4. The van der Waals surface area contributed by atoms with Crippen LogP contribution in [0, 0.1) is 6.92 Å². The number of hydrogen-bond donors (Lipinski definition) is 1. The van der Waals surface area contributed by atoms with Crippen molar-refractivity contribution in [1.82, 2.24) is 0 Å². The van der Waals surface area contributed by atoms with Gasteiger partial charge in [0.15, 0.2) is 0 Å². The van der Waals surface area contributed by atoms with E-state index in [0.29, 0.717) is 37.3 Å². The summed E-state index contributed by atoms with van der Waals surface area (Å²) in [7, 11) is -1.22. The van der Waals surface area contributed by atoms with Crippen LogP contribution in [0.15, 0.2) is 48.5 Å². The molecule has 0 radical (unpaired) electrons. The van der Waals surface area contributed by atoms with E-state index in [1.807, 2.05) is 37.1 Å². The molecule has 0 spiro atoms. The number of anilines is 3. The minimum atomic E-state index is -3.18. The van der Waals surface area contributed by atoms with Gasteiger partial charge in [0.05, 0.1) is 11.4 Å². The fraction of sp³-hybridized carbons (Fsp3) is 0.350. The zero-order valence-corrected chi connectivity index (χ0v) is 16.5. The molecule has 2 aromatic rings. The van der Waals surface area contributed by atoms with E-state index in [0.717, 1.165) is 5.69 Å². The van der Waals surface area contributed by atoms with Crippen molar-refractivity contribution in [2.45, 2.75) is 19.8 Å². The molecule has 144 valence electrons. The van der Waals surface area contributed by atoms with Gasteiger partial charge in [-0.3, -0.25) is 9.10 Å². The predicted molar refractivity (Wildman–Crippen MR) is 110 cm³/mol. The first-order valence-corrected chi connectivity index (χ1v) is 10.6. The zero-order chi connectivity index (χ0) is 19.4. The first-order valence-electron chi connectivity index (χ1n) is 9.03. The minimum absolute atomic E-state index is 0.0731. The van der Waals surface area contributed by atoms with E-state index < -0.39 is 10.0 Å². The fourth-order valence-electron chi connectivity index (χ4n) is 3.13. The highest BCUT2D eigenvalue weighted by Gasteiger charge is 2.28. The molecule has 0 aromatic heterocycles. The summed E-state index contributed by atoms with van der Waals surface area (Å²) < 4.78 is 25.4. The zero-order valence-electron chi connectivity index (χ0n) is 15.7. The van der Waals surface area contributed by atoms with Crippen LogP contribution in [0.4, 0.5) is 17.1 Å². The topological polar surface area (TPSA) is 69.7 Å². The molecule has 0 saturated carbocycles. The number of carbonyl (C=O) groups excluding carboxylic acids is 1. The SMILES string of the molecule is Cc1cccc(N(C)CCC(=O)Nc2ccc(N3CCCS3(=O)=O)cc2)c1. The third kappa shape index (κ3) is 4.80. The number of carbonyl (C=O) groups is 1. The van der Waals surface area contributed by atoms with Gasteiger partial charge in [0.2, 0.25) is 15.9 Å². The average Bonchev–Trinajstić information content (AvgIpc) is 2.99. The lowest BCUT2D eigenvalue weighted by molar-refractivity contribution is -0.116. The smallest absolute Gasteiger partial charge is 0.235 e. The van der Waals surface area contributed by atoms with E-state index in [1.165, 1.54) is 9.87 Å². The molecular formula is C20H25N3O3S. The van der Waals surface area contributed by atoms with Gasteiger partial charge in [-0.1, -0.05) is 12.1 Å². The second-order valence-corrected chi connectivity index (χ2v) is 8.86. The molecule has 27 heavy (non-hydrogen) atoms. The lowest BCUT2D eigenvalue weighted by Crippen LogP contribution is -2.25. The molecule has 0 bridgehead atoms. The first kappa shape index (κ1) is 19.2. The molecule has 7 heteroatoms. The Balaban J connectivity index is 1.53. The van der Waals surface area contributed by atoms with Crippen molar-refractivity contribution >= 4 is 33.0 Å². The number of nitrogens with one attached hydrogen (secondary N) is 1. The highest BCUT2D eigenvalue weighted by Crippen LogP contribution is 2.25. The summed E-state index contributed by atoms with van der Waals surface area (Å²) in [5, 5.41) is 2.87. The van der Waals surface area contributed by atoms with Crippen LogP contribution in [0.5, 0.6) is 0 Å². The number of sulfonamides is 1. The van der Waals surface area contributed by atoms with Gasteiger partial charge in [0.25, 0.3) is 0 Å². The molecule has 3 rings (SSSR count).